The molecule has 0 saturated carbocycles. The Kier molecular flexibility index (Phi) is 2.73. The van der Waals surface area contributed by atoms with Crippen molar-refractivity contribution in [2.45, 2.75) is 13.3 Å². The molecule has 4 nitrogen and oxygen atoms in total. The first-order valence-electron chi connectivity index (χ1n) is 6.08. The molecule has 4 heteroatoms. The third kappa shape index (κ3) is 2.01. The molecular weight excluding hydrogens is 190 g/mol. The third-order valence-electron chi connectivity index (χ3n) is 4.34. The number of fused-ring (bicyclic) bond motifs is 3. The number of nitrogens with zero attached hydrogens (tertiary/aromatic N) is 2. The quantitative estimate of drug-likeness (QED) is 0.631. The highest BCUT2D eigenvalue weighted by Gasteiger charge is 2.48. The standard InChI is InChI=1S/C11H22N3O/c1-2-3-13-4-7-14(8-5-13,9-6-13)10-11(12)15/h2-10H2,1H3,(H-,12,15)/q+1/p+1. The molecule has 0 atom stereocenters. The molecular formula is C11H23N3O+2. The van der Waals surface area contributed by atoms with E-state index in [0.29, 0.717) is 6.54 Å². The summed E-state index contributed by atoms with van der Waals surface area (Å²) in [4.78, 5) is 11.1. The number of hydrogen-bond donors (Lipinski definition) is 1. The average molecular weight is 213 g/mol. The van der Waals surface area contributed by atoms with E-state index in [0.717, 1.165) is 24.1 Å². The molecule has 2 N–H and O–H groups in total. The first-order valence-corrected chi connectivity index (χ1v) is 6.08. The zero-order valence-electron chi connectivity index (χ0n) is 9.74. The lowest BCUT2D eigenvalue weighted by Gasteiger charge is -2.55. The summed E-state index contributed by atoms with van der Waals surface area (Å²) < 4.78 is 2.27. The van der Waals surface area contributed by atoms with Crippen LogP contribution in [-0.4, -0.2) is 67.2 Å². The first-order chi connectivity index (χ1) is 7.10. The van der Waals surface area contributed by atoms with E-state index in [-0.39, 0.29) is 5.91 Å². The number of hydrogen-bond acceptors (Lipinski definition) is 1. The smallest absolute Gasteiger partial charge is 0.272 e. The molecule has 0 spiro atoms. The van der Waals surface area contributed by atoms with Crippen LogP contribution in [0.4, 0.5) is 0 Å². The van der Waals surface area contributed by atoms with Crippen molar-refractivity contribution in [2.24, 2.45) is 5.73 Å². The van der Waals surface area contributed by atoms with Gasteiger partial charge in [0.15, 0.2) is 6.54 Å². The second-order valence-electron chi connectivity index (χ2n) is 5.37. The lowest BCUT2D eigenvalue weighted by Crippen LogP contribution is -2.76. The minimum atomic E-state index is -0.132. The molecule has 0 aliphatic carbocycles. The van der Waals surface area contributed by atoms with Crippen molar-refractivity contribution in [3.8, 4) is 0 Å². The second kappa shape index (κ2) is 3.76. The fraction of sp³-hybridized carbons (Fsp3) is 0.909. The SMILES string of the molecule is CCC[N+]12CC[N+](CC(N)=O)(CC1)CC2. The Bertz CT molecular complexity index is 240. The highest BCUT2D eigenvalue weighted by molar-refractivity contribution is 5.74. The van der Waals surface area contributed by atoms with Crippen LogP contribution in [0.3, 0.4) is 0 Å². The van der Waals surface area contributed by atoms with Crippen molar-refractivity contribution < 1.29 is 13.8 Å². The van der Waals surface area contributed by atoms with Gasteiger partial charge < -0.3 is 14.7 Å². The monoisotopic (exact) mass is 213 g/mol. The number of carbonyl (C=O) groups excluding carboxylic acids is 1. The molecule has 3 aliphatic rings. The van der Waals surface area contributed by atoms with Crippen LogP contribution in [0.25, 0.3) is 0 Å². The van der Waals surface area contributed by atoms with Crippen LogP contribution in [0.2, 0.25) is 0 Å². The second-order valence-corrected chi connectivity index (χ2v) is 5.37. The van der Waals surface area contributed by atoms with E-state index in [1.165, 1.54) is 37.1 Å². The van der Waals surface area contributed by atoms with Gasteiger partial charge in [0.2, 0.25) is 0 Å². The summed E-state index contributed by atoms with van der Waals surface area (Å²) in [5, 5.41) is 0. The van der Waals surface area contributed by atoms with Crippen LogP contribution in [0.5, 0.6) is 0 Å². The Labute approximate surface area is 91.8 Å². The van der Waals surface area contributed by atoms with Crippen LogP contribution >= 0.6 is 0 Å². The third-order valence-corrected chi connectivity index (χ3v) is 4.34. The Hall–Kier alpha value is -0.610. The fourth-order valence-electron chi connectivity index (χ4n) is 3.32. The summed E-state index contributed by atoms with van der Waals surface area (Å²) >= 11 is 0. The molecule has 0 aromatic carbocycles. The summed E-state index contributed by atoms with van der Waals surface area (Å²) in [6, 6.07) is 0. The highest BCUT2D eigenvalue weighted by atomic mass is 16.1. The van der Waals surface area contributed by atoms with Crippen molar-refractivity contribution in [1.29, 1.82) is 0 Å². The molecule has 2 bridgehead atoms. The molecule has 0 aromatic rings. The Morgan fingerprint density at radius 3 is 1.93 bits per heavy atom. The van der Waals surface area contributed by atoms with E-state index in [2.05, 4.69) is 6.92 Å². The Morgan fingerprint density at radius 1 is 1.07 bits per heavy atom. The summed E-state index contributed by atoms with van der Waals surface area (Å²) in [5.41, 5.74) is 5.33. The zero-order chi connectivity index (χ0) is 10.9. The average Bonchev–Trinajstić information content (AvgIpc) is 2.20. The van der Waals surface area contributed by atoms with Gasteiger partial charge in [-0.05, 0) is 6.42 Å². The van der Waals surface area contributed by atoms with Crippen molar-refractivity contribution in [1.82, 2.24) is 0 Å². The molecule has 3 rings (SSSR count). The van der Waals surface area contributed by atoms with Crippen molar-refractivity contribution in [3.05, 3.63) is 0 Å². The van der Waals surface area contributed by atoms with Gasteiger partial charge in [0.1, 0.15) is 39.3 Å². The van der Waals surface area contributed by atoms with Gasteiger partial charge in [-0.2, -0.15) is 0 Å². The van der Waals surface area contributed by atoms with E-state index in [4.69, 9.17) is 5.73 Å². The van der Waals surface area contributed by atoms with Crippen LogP contribution in [-0.2, 0) is 4.79 Å². The van der Waals surface area contributed by atoms with Crippen molar-refractivity contribution in [2.75, 3.05) is 52.4 Å². The molecule has 0 aromatic heterocycles. The fourth-order valence-corrected chi connectivity index (χ4v) is 3.32. The van der Waals surface area contributed by atoms with Gasteiger partial charge in [-0.1, -0.05) is 6.92 Å². The summed E-state index contributed by atoms with van der Waals surface area (Å²) in [5.74, 6) is -0.132. The van der Waals surface area contributed by atoms with Gasteiger partial charge >= 0.3 is 0 Å². The first kappa shape index (κ1) is 10.9. The van der Waals surface area contributed by atoms with Crippen LogP contribution in [0, 0.1) is 0 Å². The number of quaternary nitrogens is 2. The highest BCUT2D eigenvalue weighted by Crippen LogP contribution is 2.26. The van der Waals surface area contributed by atoms with Crippen molar-refractivity contribution in [3.63, 3.8) is 0 Å². The van der Waals surface area contributed by atoms with E-state index >= 15 is 0 Å². The topological polar surface area (TPSA) is 43.1 Å². The van der Waals surface area contributed by atoms with Gasteiger partial charge in [0.25, 0.3) is 5.91 Å². The predicted octanol–water partition coefficient (Wildman–Crippen LogP) is -0.457. The minimum absolute atomic E-state index is 0.132. The largest absolute Gasteiger partial charge is 0.365 e. The zero-order valence-corrected chi connectivity index (χ0v) is 9.74. The maximum atomic E-state index is 11.1. The molecule has 15 heavy (non-hydrogen) atoms. The van der Waals surface area contributed by atoms with Crippen LogP contribution in [0.15, 0.2) is 0 Å². The maximum absolute atomic E-state index is 11.1. The van der Waals surface area contributed by atoms with E-state index < -0.39 is 0 Å². The summed E-state index contributed by atoms with van der Waals surface area (Å²) in [7, 11) is 0. The summed E-state index contributed by atoms with van der Waals surface area (Å²) in [6.45, 7) is 11.4. The summed E-state index contributed by atoms with van der Waals surface area (Å²) in [6.07, 6.45) is 1.27. The molecule has 0 radical (unpaired) electrons. The lowest BCUT2D eigenvalue weighted by atomic mass is 10.1. The van der Waals surface area contributed by atoms with Crippen LogP contribution < -0.4 is 5.73 Å². The van der Waals surface area contributed by atoms with E-state index in [9.17, 15) is 4.79 Å². The molecule has 0 unspecified atom stereocenters. The molecule has 3 aliphatic heterocycles. The lowest BCUT2D eigenvalue weighted by molar-refractivity contribution is -1.08. The van der Waals surface area contributed by atoms with Gasteiger partial charge in [-0.25, -0.2) is 0 Å². The van der Waals surface area contributed by atoms with Gasteiger partial charge in [0.05, 0.1) is 6.54 Å². The molecule has 1 amide bonds. The van der Waals surface area contributed by atoms with Gasteiger partial charge in [-0.3, -0.25) is 4.79 Å². The Balaban J connectivity index is 2.00. The van der Waals surface area contributed by atoms with E-state index in [1.807, 2.05) is 0 Å². The van der Waals surface area contributed by atoms with Gasteiger partial charge in [0, 0.05) is 0 Å². The van der Waals surface area contributed by atoms with Gasteiger partial charge in [-0.15, -0.1) is 0 Å². The minimum Gasteiger partial charge on any atom is -0.365 e. The maximum Gasteiger partial charge on any atom is 0.272 e. The number of piperazine rings is 3. The number of primary amides is 1. The van der Waals surface area contributed by atoms with Crippen molar-refractivity contribution >= 4 is 5.91 Å². The number of carbonyl (C=O) groups is 1. The molecule has 3 heterocycles. The Morgan fingerprint density at radius 2 is 1.53 bits per heavy atom. The molecule has 3 fully saturated rings. The number of nitrogens with two attached hydrogens (primary N) is 1. The number of amides is 1. The predicted molar refractivity (Wildman–Crippen MR) is 58.9 cm³/mol. The molecule has 3 saturated heterocycles. The number of rotatable bonds is 4. The molecule has 86 valence electrons. The van der Waals surface area contributed by atoms with Crippen LogP contribution in [0.1, 0.15) is 13.3 Å². The normalized spacial score (nSPS) is 39.3. The van der Waals surface area contributed by atoms with E-state index in [1.54, 1.807) is 0 Å².